The summed E-state index contributed by atoms with van der Waals surface area (Å²) in [6.07, 6.45) is 5.33. The molecular weight excluding hydrogens is 336 g/mol. The zero-order chi connectivity index (χ0) is 19.1. The molecule has 27 heavy (non-hydrogen) atoms. The van der Waals surface area contributed by atoms with E-state index >= 15 is 0 Å². The molecule has 0 fully saturated rings. The molecule has 0 amide bonds. The first-order valence-corrected chi connectivity index (χ1v) is 9.63. The number of carbonyl (C=O) groups is 1. The summed E-state index contributed by atoms with van der Waals surface area (Å²) < 4.78 is 5.84. The number of ether oxygens (including phenoxy) is 1. The van der Waals surface area contributed by atoms with E-state index in [4.69, 9.17) is 9.84 Å². The van der Waals surface area contributed by atoms with Crippen LogP contribution in [0.2, 0.25) is 0 Å². The molecule has 0 aliphatic heterocycles. The Morgan fingerprint density at radius 1 is 0.852 bits per heavy atom. The third-order valence-corrected chi connectivity index (χ3v) is 4.80. The molecule has 0 bridgehead atoms. The summed E-state index contributed by atoms with van der Waals surface area (Å²) in [4.78, 5) is 10.9. The van der Waals surface area contributed by atoms with E-state index < -0.39 is 5.97 Å². The second kappa shape index (κ2) is 9.22. The highest BCUT2D eigenvalue weighted by Gasteiger charge is 2.03. The quantitative estimate of drug-likeness (QED) is 0.483. The molecule has 0 radical (unpaired) electrons. The number of aromatic carboxylic acids is 1. The number of benzene rings is 3. The summed E-state index contributed by atoms with van der Waals surface area (Å²) >= 11 is 0. The zero-order valence-corrected chi connectivity index (χ0v) is 15.8. The molecule has 1 N–H and O–H groups in total. The highest BCUT2D eigenvalue weighted by molar-refractivity contribution is 5.87. The average Bonchev–Trinajstić information content (AvgIpc) is 2.70. The molecule has 0 saturated heterocycles. The van der Waals surface area contributed by atoms with Gasteiger partial charge in [-0.1, -0.05) is 56.2 Å². The van der Waals surface area contributed by atoms with Crippen molar-refractivity contribution in [2.45, 2.75) is 39.0 Å². The molecule has 0 atom stereocenters. The number of rotatable bonds is 9. The lowest BCUT2D eigenvalue weighted by atomic mass is 10.0. The molecule has 0 heterocycles. The summed E-state index contributed by atoms with van der Waals surface area (Å²) in [6, 6.07) is 19.9. The standard InChI is InChI=1S/C24H26O3/c1-2-3-4-15-27-23-14-13-21-16-19(9-12-22(21)17-23)6-5-18-7-10-20(11-8-18)24(25)26/h7-14,16-17H,2-6,15H2,1H3,(H,25,26). The van der Waals surface area contributed by atoms with Gasteiger partial charge in [-0.15, -0.1) is 0 Å². The van der Waals surface area contributed by atoms with E-state index in [1.807, 2.05) is 18.2 Å². The van der Waals surface area contributed by atoms with Gasteiger partial charge in [0.2, 0.25) is 0 Å². The van der Waals surface area contributed by atoms with Crippen molar-refractivity contribution >= 4 is 16.7 Å². The largest absolute Gasteiger partial charge is 0.494 e. The Labute approximate surface area is 160 Å². The lowest BCUT2D eigenvalue weighted by Gasteiger charge is -2.08. The van der Waals surface area contributed by atoms with Gasteiger partial charge in [-0.3, -0.25) is 0 Å². The fourth-order valence-electron chi connectivity index (χ4n) is 3.16. The van der Waals surface area contributed by atoms with Crippen LogP contribution in [0.3, 0.4) is 0 Å². The molecule has 0 aromatic heterocycles. The number of carboxylic acids is 1. The van der Waals surface area contributed by atoms with Crippen LogP contribution >= 0.6 is 0 Å². The van der Waals surface area contributed by atoms with E-state index in [2.05, 4.69) is 37.3 Å². The lowest BCUT2D eigenvalue weighted by molar-refractivity contribution is 0.0697. The van der Waals surface area contributed by atoms with Crippen molar-refractivity contribution in [3.05, 3.63) is 77.4 Å². The van der Waals surface area contributed by atoms with Gasteiger partial charge in [-0.05, 0) is 65.4 Å². The van der Waals surface area contributed by atoms with Gasteiger partial charge in [0.25, 0.3) is 0 Å². The predicted octanol–water partition coefficient (Wildman–Crippen LogP) is 5.89. The second-order valence-electron chi connectivity index (χ2n) is 6.90. The third-order valence-electron chi connectivity index (χ3n) is 4.80. The molecule has 3 nitrogen and oxygen atoms in total. The molecule has 0 aliphatic rings. The second-order valence-corrected chi connectivity index (χ2v) is 6.90. The highest BCUT2D eigenvalue weighted by atomic mass is 16.5. The van der Waals surface area contributed by atoms with Crippen LogP contribution < -0.4 is 4.74 Å². The highest BCUT2D eigenvalue weighted by Crippen LogP contribution is 2.23. The monoisotopic (exact) mass is 362 g/mol. The first-order valence-electron chi connectivity index (χ1n) is 9.63. The number of fused-ring (bicyclic) bond motifs is 1. The Balaban J connectivity index is 1.61. The Morgan fingerprint density at radius 2 is 1.52 bits per heavy atom. The Kier molecular flexibility index (Phi) is 6.48. The predicted molar refractivity (Wildman–Crippen MR) is 110 cm³/mol. The fourth-order valence-corrected chi connectivity index (χ4v) is 3.16. The van der Waals surface area contributed by atoms with Crippen molar-refractivity contribution in [2.75, 3.05) is 6.61 Å². The van der Waals surface area contributed by atoms with Gasteiger partial charge in [0, 0.05) is 0 Å². The van der Waals surface area contributed by atoms with Crippen molar-refractivity contribution in [1.29, 1.82) is 0 Å². The molecule has 0 saturated carbocycles. The van der Waals surface area contributed by atoms with Crippen molar-refractivity contribution in [2.24, 2.45) is 0 Å². The molecule has 0 aliphatic carbocycles. The maximum Gasteiger partial charge on any atom is 0.335 e. The van der Waals surface area contributed by atoms with Gasteiger partial charge in [-0.25, -0.2) is 4.79 Å². The van der Waals surface area contributed by atoms with Crippen LogP contribution in [0.4, 0.5) is 0 Å². The molecule has 3 aromatic rings. The van der Waals surface area contributed by atoms with Gasteiger partial charge in [0.15, 0.2) is 0 Å². The fraction of sp³-hybridized carbons (Fsp3) is 0.292. The minimum absolute atomic E-state index is 0.331. The molecule has 0 unspecified atom stereocenters. The van der Waals surface area contributed by atoms with Crippen molar-refractivity contribution in [1.82, 2.24) is 0 Å². The zero-order valence-electron chi connectivity index (χ0n) is 15.8. The van der Waals surface area contributed by atoms with E-state index in [1.165, 1.54) is 29.2 Å². The molecule has 3 rings (SSSR count). The van der Waals surface area contributed by atoms with E-state index in [9.17, 15) is 4.79 Å². The van der Waals surface area contributed by atoms with Crippen LogP contribution in [0, 0.1) is 0 Å². The van der Waals surface area contributed by atoms with Crippen molar-refractivity contribution in [3.63, 3.8) is 0 Å². The summed E-state index contributed by atoms with van der Waals surface area (Å²) in [6.45, 7) is 2.97. The summed E-state index contributed by atoms with van der Waals surface area (Å²) in [5, 5.41) is 11.4. The summed E-state index contributed by atoms with van der Waals surface area (Å²) in [5.41, 5.74) is 2.76. The van der Waals surface area contributed by atoms with Crippen LogP contribution in [-0.2, 0) is 12.8 Å². The minimum atomic E-state index is -0.884. The van der Waals surface area contributed by atoms with E-state index in [1.54, 1.807) is 12.1 Å². The SMILES string of the molecule is CCCCCOc1ccc2cc(CCc3ccc(C(=O)O)cc3)ccc2c1. The normalized spacial score (nSPS) is 10.9. The maximum absolute atomic E-state index is 10.9. The first kappa shape index (κ1) is 19.0. The average molecular weight is 362 g/mol. The number of hydrogen-bond donors (Lipinski definition) is 1. The van der Waals surface area contributed by atoms with Crippen LogP contribution in [0.1, 0.15) is 47.7 Å². The summed E-state index contributed by atoms with van der Waals surface area (Å²) in [5.74, 6) is 0.0506. The van der Waals surface area contributed by atoms with Gasteiger partial charge in [0.05, 0.1) is 12.2 Å². The van der Waals surface area contributed by atoms with E-state index in [0.29, 0.717) is 5.56 Å². The van der Waals surface area contributed by atoms with Crippen molar-refractivity contribution in [3.8, 4) is 5.75 Å². The van der Waals surface area contributed by atoms with Crippen LogP contribution in [0.15, 0.2) is 60.7 Å². The number of carboxylic acid groups (broad SMARTS) is 1. The van der Waals surface area contributed by atoms with E-state index in [-0.39, 0.29) is 0 Å². The molecule has 3 heteroatoms. The number of hydrogen-bond acceptors (Lipinski definition) is 2. The van der Waals surface area contributed by atoms with Crippen LogP contribution in [0.25, 0.3) is 10.8 Å². The molecule has 0 spiro atoms. The number of aryl methyl sites for hydroxylation is 2. The number of unbranched alkanes of at least 4 members (excludes halogenated alkanes) is 2. The van der Waals surface area contributed by atoms with Crippen LogP contribution in [-0.4, -0.2) is 17.7 Å². The van der Waals surface area contributed by atoms with E-state index in [0.717, 1.165) is 37.2 Å². The van der Waals surface area contributed by atoms with Gasteiger partial charge >= 0.3 is 5.97 Å². The lowest BCUT2D eigenvalue weighted by Crippen LogP contribution is -1.97. The van der Waals surface area contributed by atoms with Gasteiger partial charge < -0.3 is 9.84 Å². The van der Waals surface area contributed by atoms with Crippen LogP contribution in [0.5, 0.6) is 5.75 Å². The smallest absolute Gasteiger partial charge is 0.335 e. The maximum atomic E-state index is 10.9. The summed E-state index contributed by atoms with van der Waals surface area (Å²) in [7, 11) is 0. The van der Waals surface area contributed by atoms with Gasteiger partial charge in [0.1, 0.15) is 5.75 Å². The van der Waals surface area contributed by atoms with Gasteiger partial charge in [-0.2, -0.15) is 0 Å². The Morgan fingerprint density at radius 3 is 2.26 bits per heavy atom. The Bertz CT molecular complexity index is 897. The molecule has 3 aromatic carbocycles. The third kappa shape index (κ3) is 5.33. The topological polar surface area (TPSA) is 46.5 Å². The molecule has 140 valence electrons. The van der Waals surface area contributed by atoms with Crippen molar-refractivity contribution < 1.29 is 14.6 Å². The Hall–Kier alpha value is -2.81. The minimum Gasteiger partial charge on any atom is -0.494 e. The first-order chi connectivity index (χ1) is 13.2. The molecular formula is C24H26O3.